The van der Waals surface area contributed by atoms with Crippen LogP contribution >= 0.6 is 11.6 Å². The van der Waals surface area contributed by atoms with Gasteiger partial charge in [-0.05, 0) is 58.6 Å². The number of rotatable bonds is 14. The highest BCUT2D eigenvalue weighted by Crippen LogP contribution is 2.37. The third-order valence-electron chi connectivity index (χ3n) is 8.12. The fourth-order valence-corrected chi connectivity index (χ4v) is 6.21. The normalized spacial score (nSPS) is 14.3. The number of hydrogen-bond donors (Lipinski definition) is 0. The molecule has 1 aliphatic rings. The maximum absolute atomic E-state index is 9.33. The highest BCUT2D eigenvalue weighted by molar-refractivity contribution is 6.33. The Bertz CT molecular complexity index is 1750. The van der Waals surface area contributed by atoms with Gasteiger partial charge in [-0.3, -0.25) is 13.8 Å². The fourth-order valence-electron chi connectivity index (χ4n) is 6.02. The maximum atomic E-state index is 9.33. The Morgan fingerprint density at radius 2 is 1.38 bits per heavy atom. The molecule has 1 aliphatic carbocycles. The Hall–Kier alpha value is -3.93. The van der Waals surface area contributed by atoms with Crippen molar-refractivity contribution in [1.82, 2.24) is 38.9 Å². The summed E-state index contributed by atoms with van der Waals surface area (Å²) in [6.07, 6.45) is 14.9. The summed E-state index contributed by atoms with van der Waals surface area (Å²) < 4.78 is 28.1. The summed E-state index contributed by atoms with van der Waals surface area (Å²) in [6.45, 7) is 9.90. The molecule has 0 aromatic carbocycles. The van der Waals surface area contributed by atoms with Crippen LogP contribution in [0.4, 0.5) is 0 Å². The minimum atomic E-state index is -0.523. The first-order valence-corrected chi connectivity index (χ1v) is 16.6. The molecule has 0 unspecified atom stereocenters. The second-order valence-corrected chi connectivity index (χ2v) is 11.3. The molecule has 47 heavy (non-hydrogen) atoms. The first kappa shape index (κ1) is 34.4. The van der Waals surface area contributed by atoms with Crippen LogP contribution < -0.4 is 0 Å². The second kappa shape index (κ2) is 16.8. The molecule has 0 N–H and O–H groups in total. The molecule has 0 saturated heterocycles. The van der Waals surface area contributed by atoms with Crippen molar-refractivity contribution >= 4 is 33.7 Å². The van der Waals surface area contributed by atoms with Gasteiger partial charge in [0.2, 0.25) is 12.8 Å². The minimum absolute atomic E-state index is 0.119. The topological polar surface area (TPSA) is 140 Å². The van der Waals surface area contributed by atoms with Crippen molar-refractivity contribution in [2.24, 2.45) is 5.92 Å². The van der Waals surface area contributed by atoms with E-state index >= 15 is 0 Å². The van der Waals surface area contributed by atoms with Gasteiger partial charge in [0, 0.05) is 56.0 Å². The molecular weight excluding hydrogens is 622 g/mol. The summed E-state index contributed by atoms with van der Waals surface area (Å²) in [5, 5.41) is 16.1. The van der Waals surface area contributed by atoms with E-state index in [-0.39, 0.29) is 6.04 Å². The van der Waals surface area contributed by atoms with Gasteiger partial charge in [-0.2, -0.15) is 10.4 Å². The van der Waals surface area contributed by atoms with Gasteiger partial charge in [0.1, 0.15) is 29.1 Å². The summed E-state index contributed by atoms with van der Waals surface area (Å²) in [4.78, 5) is 17.1. The van der Waals surface area contributed by atoms with Crippen LogP contribution in [0.5, 0.6) is 0 Å². The molecule has 13 nitrogen and oxygen atoms in total. The van der Waals surface area contributed by atoms with Crippen LogP contribution in [0.2, 0.25) is 5.15 Å². The molecule has 0 bridgehead atoms. The van der Waals surface area contributed by atoms with Crippen molar-refractivity contribution in [3.05, 3.63) is 54.7 Å². The van der Waals surface area contributed by atoms with Gasteiger partial charge in [0.15, 0.2) is 0 Å². The van der Waals surface area contributed by atoms with Crippen molar-refractivity contribution in [2.75, 3.05) is 26.4 Å². The van der Waals surface area contributed by atoms with Gasteiger partial charge in [-0.1, -0.05) is 24.4 Å². The van der Waals surface area contributed by atoms with Crippen LogP contribution in [0.3, 0.4) is 0 Å². The molecule has 0 aliphatic heterocycles. The van der Waals surface area contributed by atoms with E-state index in [0.717, 1.165) is 27.7 Å². The van der Waals surface area contributed by atoms with E-state index in [4.69, 9.17) is 30.5 Å². The van der Waals surface area contributed by atoms with Gasteiger partial charge >= 0.3 is 0 Å². The molecule has 0 radical (unpaired) electrons. The number of hydrogen-bond acceptors (Lipinski definition) is 10. The Morgan fingerprint density at radius 1 is 0.830 bits per heavy atom. The lowest BCUT2D eigenvalue weighted by Crippen LogP contribution is -2.17. The molecule has 1 fully saturated rings. The fraction of sp³-hybridized carbons (Fsp3) is 0.515. The third-order valence-corrected chi connectivity index (χ3v) is 8.42. The zero-order valence-electron chi connectivity index (χ0n) is 27.3. The average molecular weight is 664 g/mol. The molecule has 1 saturated carbocycles. The van der Waals surface area contributed by atoms with Crippen LogP contribution in [0.1, 0.15) is 78.7 Å². The minimum Gasteiger partial charge on any atom is -0.335 e. The molecule has 0 amide bonds. The molecule has 5 aromatic rings. The number of aromatic nitrogens is 8. The first-order chi connectivity index (χ1) is 23.0. The lowest BCUT2D eigenvalue weighted by atomic mass is 9.96. The summed E-state index contributed by atoms with van der Waals surface area (Å²) in [7, 11) is 0. The SMILES string of the molecule is CCOC(OCC)n1ccc2c(-c3cnn([C@@H](CC#N)C4CCCC4)c3)ncnc21.CCOC(OCC)n1ccc2c(Cl)ncnc21. The molecule has 1 atom stereocenters. The van der Waals surface area contributed by atoms with Crippen molar-refractivity contribution in [3.63, 3.8) is 0 Å². The summed E-state index contributed by atoms with van der Waals surface area (Å²) in [5.74, 6) is 0.516. The highest BCUT2D eigenvalue weighted by atomic mass is 35.5. The van der Waals surface area contributed by atoms with E-state index in [1.54, 1.807) is 10.9 Å². The van der Waals surface area contributed by atoms with Crippen LogP contribution in [0.15, 0.2) is 49.6 Å². The molecule has 5 aromatic heterocycles. The Kier molecular flexibility index (Phi) is 12.3. The summed E-state index contributed by atoms with van der Waals surface area (Å²) in [5.41, 5.74) is 3.20. The van der Waals surface area contributed by atoms with Crippen LogP contribution in [-0.4, -0.2) is 65.3 Å². The largest absolute Gasteiger partial charge is 0.335 e. The second-order valence-electron chi connectivity index (χ2n) is 10.9. The summed E-state index contributed by atoms with van der Waals surface area (Å²) in [6, 6.07) is 6.30. The van der Waals surface area contributed by atoms with Gasteiger partial charge < -0.3 is 18.9 Å². The number of nitrogens with zero attached hydrogens (tertiary/aromatic N) is 9. The van der Waals surface area contributed by atoms with Crippen LogP contribution in [0, 0.1) is 17.2 Å². The van der Waals surface area contributed by atoms with Gasteiger partial charge in [-0.25, -0.2) is 19.9 Å². The lowest BCUT2D eigenvalue weighted by molar-refractivity contribution is -0.184. The number of halogens is 1. The van der Waals surface area contributed by atoms with Crippen molar-refractivity contribution in [2.45, 2.75) is 78.7 Å². The van der Waals surface area contributed by atoms with Crippen molar-refractivity contribution < 1.29 is 18.9 Å². The van der Waals surface area contributed by atoms with E-state index in [2.05, 4.69) is 31.1 Å². The van der Waals surface area contributed by atoms with Crippen LogP contribution in [-0.2, 0) is 18.9 Å². The van der Waals surface area contributed by atoms with E-state index in [1.165, 1.54) is 32.0 Å². The highest BCUT2D eigenvalue weighted by Gasteiger charge is 2.27. The van der Waals surface area contributed by atoms with Gasteiger partial charge in [0.05, 0.1) is 35.8 Å². The zero-order valence-corrected chi connectivity index (χ0v) is 28.1. The molecule has 5 heterocycles. The van der Waals surface area contributed by atoms with E-state index in [9.17, 15) is 5.26 Å². The van der Waals surface area contributed by atoms with Gasteiger partial charge in [0.25, 0.3) is 0 Å². The monoisotopic (exact) mass is 663 g/mol. The Balaban J connectivity index is 0.000000216. The van der Waals surface area contributed by atoms with Crippen molar-refractivity contribution in [1.29, 1.82) is 5.26 Å². The maximum Gasteiger partial charge on any atom is 0.245 e. The quantitative estimate of drug-likeness (QED) is 0.0894. The average Bonchev–Trinajstić information content (AvgIpc) is 3.91. The number of nitriles is 1. The predicted octanol–water partition coefficient (Wildman–Crippen LogP) is 7.08. The van der Waals surface area contributed by atoms with Crippen molar-refractivity contribution in [3.8, 4) is 17.3 Å². The van der Waals surface area contributed by atoms with E-state index in [0.29, 0.717) is 49.6 Å². The summed E-state index contributed by atoms with van der Waals surface area (Å²) >= 11 is 5.98. The standard InChI is InChI=1S/C22H28N6O2.C11H14ClN3O2/c1-3-29-22(30-4-2)27-12-10-18-20(24-15-25-21(18)27)17-13-26-28(14-17)19(9-11-23)16-7-5-6-8-16;1-3-16-11(17-4-2)15-6-5-8-9(12)13-7-14-10(8)15/h10,12-16,19,22H,3-9H2,1-2H3;5-7,11H,3-4H2,1-2H3/t19-;/m0./s1. The third kappa shape index (κ3) is 7.80. The first-order valence-electron chi connectivity index (χ1n) is 16.2. The number of ether oxygens (including phenoxy) is 4. The molecule has 14 heteroatoms. The zero-order chi connectivity index (χ0) is 33.2. The predicted molar refractivity (Wildman–Crippen MR) is 177 cm³/mol. The molecular formula is C33H42ClN9O4. The Labute approximate surface area is 279 Å². The van der Waals surface area contributed by atoms with Gasteiger partial charge in [-0.15, -0.1) is 0 Å². The Morgan fingerprint density at radius 3 is 1.96 bits per heavy atom. The number of fused-ring (bicyclic) bond motifs is 2. The molecule has 0 spiro atoms. The molecule has 6 rings (SSSR count). The van der Waals surface area contributed by atoms with Crippen LogP contribution in [0.25, 0.3) is 33.3 Å². The van der Waals surface area contributed by atoms with E-state index in [1.807, 2.05) is 73.9 Å². The van der Waals surface area contributed by atoms with E-state index < -0.39 is 12.8 Å². The smallest absolute Gasteiger partial charge is 0.245 e. The molecule has 250 valence electrons. The lowest BCUT2D eigenvalue weighted by Gasteiger charge is -2.21.